The Labute approximate surface area is 121 Å². The van der Waals surface area contributed by atoms with E-state index in [0.29, 0.717) is 5.78 Å². The van der Waals surface area contributed by atoms with Gasteiger partial charge in [0.2, 0.25) is 0 Å². The number of fused-ring (bicyclic) bond motifs is 1. The van der Waals surface area contributed by atoms with Crippen molar-refractivity contribution in [2.75, 3.05) is 0 Å². The maximum absolute atomic E-state index is 4.47. The predicted molar refractivity (Wildman–Crippen MR) is 81.7 cm³/mol. The zero-order valence-corrected chi connectivity index (χ0v) is 11.2. The first-order valence-corrected chi connectivity index (χ1v) is 6.72. The van der Waals surface area contributed by atoms with Gasteiger partial charge in [0, 0.05) is 18.0 Å². The lowest BCUT2D eigenvalue weighted by molar-refractivity contribution is 0.966. The lowest BCUT2D eigenvalue weighted by Gasteiger charge is -2.02. The van der Waals surface area contributed by atoms with Crippen molar-refractivity contribution in [3.05, 3.63) is 73.2 Å². The molecule has 2 aromatic heterocycles. The Kier molecular flexibility index (Phi) is 2.71. The fourth-order valence-corrected chi connectivity index (χ4v) is 2.36. The van der Waals surface area contributed by atoms with E-state index in [-0.39, 0.29) is 0 Å². The van der Waals surface area contributed by atoms with Crippen LogP contribution in [-0.4, -0.2) is 19.6 Å². The van der Waals surface area contributed by atoms with Crippen LogP contribution in [0.2, 0.25) is 0 Å². The maximum atomic E-state index is 4.47. The van der Waals surface area contributed by atoms with Crippen molar-refractivity contribution in [1.82, 2.24) is 19.6 Å². The van der Waals surface area contributed by atoms with Gasteiger partial charge in [-0.25, -0.2) is 4.98 Å². The molecule has 21 heavy (non-hydrogen) atoms. The number of rotatable bonds is 2. The molecule has 0 saturated heterocycles. The van der Waals surface area contributed by atoms with Crippen LogP contribution in [-0.2, 0) is 0 Å². The minimum atomic E-state index is 0.611. The second kappa shape index (κ2) is 4.83. The summed E-state index contributed by atoms with van der Waals surface area (Å²) in [6.07, 6.45) is 5.45. The number of aromatic nitrogens is 4. The molecule has 4 aromatic rings. The summed E-state index contributed by atoms with van der Waals surface area (Å²) in [7, 11) is 0. The van der Waals surface area contributed by atoms with Crippen molar-refractivity contribution in [1.29, 1.82) is 0 Å². The average Bonchev–Trinajstić information content (AvgIpc) is 3.00. The molecule has 4 nitrogen and oxygen atoms in total. The first-order valence-electron chi connectivity index (χ1n) is 6.72. The smallest absolute Gasteiger partial charge is 0.254 e. The highest BCUT2D eigenvalue weighted by Crippen LogP contribution is 2.24. The van der Waals surface area contributed by atoms with E-state index in [1.807, 2.05) is 35.0 Å². The first kappa shape index (κ1) is 11.8. The summed E-state index contributed by atoms with van der Waals surface area (Å²) in [5.74, 6) is 0.611. The Morgan fingerprint density at radius 1 is 0.762 bits per heavy atom. The Hall–Kier alpha value is -3.01. The molecule has 0 aliphatic heterocycles. The number of hydrogen-bond donors (Lipinski definition) is 0. The lowest BCUT2D eigenvalue weighted by Crippen LogP contribution is -1.87. The summed E-state index contributed by atoms with van der Waals surface area (Å²) in [4.78, 5) is 4.47. The predicted octanol–water partition coefficient (Wildman–Crippen LogP) is 3.46. The molecule has 0 unspecified atom stereocenters. The topological polar surface area (TPSA) is 43.1 Å². The third kappa shape index (κ3) is 2.17. The van der Waals surface area contributed by atoms with Gasteiger partial charge in [0.05, 0.1) is 11.9 Å². The molecule has 0 amide bonds. The minimum Gasteiger partial charge on any atom is -0.288 e. The van der Waals surface area contributed by atoms with Crippen molar-refractivity contribution >= 4 is 5.78 Å². The van der Waals surface area contributed by atoms with Crippen LogP contribution in [0.15, 0.2) is 73.2 Å². The SMILES string of the molecule is c1ccc(-c2ccc(-c3cn4ccnnc4n3)cc2)cc1. The molecule has 0 atom stereocenters. The highest BCUT2D eigenvalue weighted by molar-refractivity contribution is 5.69. The molecule has 100 valence electrons. The average molecular weight is 272 g/mol. The van der Waals surface area contributed by atoms with Crippen molar-refractivity contribution in [3.63, 3.8) is 0 Å². The third-order valence-corrected chi connectivity index (χ3v) is 3.44. The Morgan fingerprint density at radius 3 is 2.24 bits per heavy atom. The molecule has 0 fully saturated rings. The lowest BCUT2D eigenvalue weighted by atomic mass is 10.0. The van der Waals surface area contributed by atoms with Crippen LogP contribution in [0.4, 0.5) is 0 Å². The van der Waals surface area contributed by atoms with Crippen molar-refractivity contribution in [2.24, 2.45) is 0 Å². The van der Waals surface area contributed by atoms with E-state index >= 15 is 0 Å². The van der Waals surface area contributed by atoms with Crippen LogP contribution in [0.5, 0.6) is 0 Å². The second-order valence-corrected chi connectivity index (χ2v) is 4.79. The fourth-order valence-electron chi connectivity index (χ4n) is 2.36. The van der Waals surface area contributed by atoms with Crippen LogP contribution in [0, 0.1) is 0 Å². The molecule has 0 spiro atoms. The standard InChI is InChI=1S/C17H12N4/c1-2-4-13(5-3-1)14-6-8-15(9-7-14)16-12-21-11-10-18-20-17(21)19-16/h1-12H. The van der Waals surface area contributed by atoms with Crippen molar-refractivity contribution in [3.8, 4) is 22.4 Å². The molecule has 2 aromatic carbocycles. The Morgan fingerprint density at radius 2 is 1.48 bits per heavy atom. The van der Waals surface area contributed by atoms with Gasteiger partial charge < -0.3 is 0 Å². The number of hydrogen-bond acceptors (Lipinski definition) is 3. The van der Waals surface area contributed by atoms with Crippen molar-refractivity contribution in [2.45, 2.75) is 0 Å². The van der Waals surface area contributed by atoms with Gasteiger partial charge in [0.15, 0.2) is 0 Å². The zero-order chi connectivity index (χ0) is 14.1. The second-order valence-electron chi connectivity index (χ2n) is 4.79. The van der Waals surface area contributed by atoms with E-state index in [0.717, 1.165) is 11.3 Å². The molecule has 0 aliphatic carbocycles. The summed E-state index contributed by atoms with van der Waals surface area (Å²) >= 11 is 0. The first-order chi connectivity index (χ1) is 10.4. The summed E-state index contributed by atoms with van der Waals surface area (Å²) in [6.45, 7) is 0. The largest absolute Gasteiger partial charge is 0.288 e. The van der Waals surface area contributed by atoms with E-state index in [9.17, 15) is 0 Å². The summed E-state index contributed by atoms with van der Waals surface area (Å²) in [6, 6.07) is 18.7. The number of benzene rings is 2. The van der Waals surface area contributed by atoms with Crippen LogP contribution in [0.25, 0.3) is 28.2 Å². The van der Waals surface area contributed by atoms with E-state index in [2.05, 4.69) is 51.6 Å². The molecular weight excluding hydrogens is 260 g/mol. The number of nitrogens with zero attached hydrogens (tertiary/aromatic N) is 4. The quantitative estimate of drug-likeness (QED) is 0.561. The van der Waals surface area contributed by atoms with Gasteiger partial charge in [0.1, 0.15) is 0 Å². The van der Waals surface area contributed by atoms with Gasteiger partial charge in [0.25, 0.3) is 5.78 Å². The fraction of sp³-hybridized carbons (Fsp3) is 0. The van der Waals surface area contributed by atoms with Crippen LogP contribution < -0.4 is 0 Å². The van der Waals surface area contributed by atoms with Gasteiger partial charge in [-0.3, -0.25) is 4.40 Å². The number of imidazole rings is 1. The van der Waals surface area contributed by atoms with Crippen LogP contribution in [0.3, 0.4) is 0 Å². The van der Waals surface area contributed by atoms with Gasteiger partial charge in [-0.2, -0.15) is 5.10 Å². The Bertz CT molecular complexity index is 846. The molecule has 4 rings (SSSR count). The zero-order valence-electron chi connectivity index (χ0n) is 11.2. The Balaban J connectivity index is 1.73. The minimum absolute atomic E-state index is 0.611. The van der Waals surface area contributed by atoms with Gasteiger partial charge in [-0.1, -0.05) is 54.6 Å². The van der Waals surface area contributed by atoms with Crippen LogP contribution in [0.1, 0.15) is 0 Å². The van der Waals surface area contributed by atoms with E-state index in [1.54, 1.807) is 6.20 Å². The van der Waals surface area contributed by atoms with E-state index < -0.39 is 0 Å². The molecule has 2 heterocycles. The van der Waals surface area contributed by atoms with E-state index in [1.165, 1.54) is 11.1 Å². The van der Waals surface area contributed by atoms with Crippen molar-refractivity contribution < 1.29 is 0 Å². The summed E-state index contributed by atoms with van der Waals surface area (Å²) < 4.78 is 1.87. The van der Waals surface area contributed by atoms with Gasteiger partial charge in [-0.15, -0.1) is 5.10 Å². The summed E-state index contributed by atoms with van der Waals surface area (Å²) in [5, 5.41) is 7.83. The molecule has 0 N–H and O–H groups in total. The molecule has 0 aliphatic rings. The highest BCUT2D eigenvalue weighted by atomic mass is 15.2. The maximum Gasteiger partial charge on any atom is 0.254 e. The van der Waals surface area contributed by atoms with Gasteiger partial charge >= 0.3 is 0 Å². The molecule has 0 bridgehead atoms. The third-order valence-electron chi connectivity index (χ3n) is 3.44. The normalized spacial score (nSPS) is 10.9. The molecular formula is C17H12N4. The molecule has 0 saturated carbocycles. The van der Waals surface area contributed by atoms with Crippen LogP contribution >= 0.6 is 0 Å². The molecule has 4 heteroatoms. The summed E-state index contributed by atoms with van der Waals surface area (Å²) in [5.41, 5.74) is 4.38. The van der Waals surface area contributed by atoms with E-state index in [4.69, 9.17) is 0 Å². The monoisotopic (exact) mass is 272 g/mol. The van der Waals surface area contributed by atoms with Gasteiger partial charge in [-0.05, 0) is 11.1 Å². The molecule has 0 radical (unpaired) electrons. The highest BCUT2D eigenvalue weighted by Gasteiger charge is 2.05.